The quantitative estimate of drug-likeness (QED) is 0.710. The largest absolute Gasteiger partial charge is 0.356 e. The Morgan fingerprint density at radius 2 is 1.67 bits per heavy atom. The second-order valence-corrected chi connectivity index (χ2v) is 10.7. The van der Waals surface area contributed by atoms with Gasteiger partial charge in [0.2, 0.25) is 5.91 Å². The average Bonchev–Trinajstić information content (AvgIpc) is 3.02. The summed E-state index contributed by atoms with van der Waals surface area (Å²) in [7, 11) is -3.75. The molecular weight excluding hydrogens is 434 g/mol. The third-order valence-electron chi connectivity index (χ3n) is 6.94. The number of hydrogen-bond donors (Lipinski definition) is 1. The molecule has 2 aliphatic heterocycles. The van der Waals surface area contributed by atoms with E-state index in [0.29, 0.717) is 42.9 Å². The van der Waals surface area contributed by atoms with Crippen molar-refractivity contribution in [2.75, 3.05) is 18.4 Å². The minimum absolute atomic E-state index is 0.0208. The smallest absolute Gasteiger partial charge is 0.285 e. The van der Waals surface area contributed by atoms with Crippen LogP contribution in [0.25, 0.3) is 4.91 Å². The maximum atomic E-state index is 12.9. The topological polar surface area (TPSA) is 78.8 Å². The Hall–Kier alpha value is -2.93. The molecule has 2 aliphatic rings. The van der Waals surface area contributed by atoms with Crippen molar-refractivity contribution in [1.82, 2.24) is 4.90 Å². The van der Waals surface area contributed by atoms with Gasteiger partial charge < -0.3 is 10.2 Å². The van der Waals surface area contributed by atoms with Crippen molar-refractivity contribution in [3.8, 4) is 0 Å². The lowest BCUT2D eigenvalue weighted by Crippen LogP contribution is -2.41. The van der Waals surface area contributed by atoms with Gasteiger partial charge in [0.05, 0.1) is 0 Å². The molecular formula is C26H31N3O3S. The SMILES string of the molecule is CC1=C(c2ccc(C)c(C)c2)S(=O)(=O)N=C1N1CCC(C(=O)Nc2cccc(C)c2C)CC1. The van der Waals surface area contributed by atoms with Crippen molar-refractivity contribution in [2.24, 2.45) is 10.3 Å². The van der Waals surface area contributed by atoms with E-state index in [9.17, 15) is 13.2 Å². The lowest BCUT2D eigenvalue weighted by molar-refractivity contribution is -0.121. The van der Waals surface area contributed by atoms with E-state index in [2.05, 4.69) is 9.71 Å². The number of piperidine rings is 1. The fourth-order valence-corrected chi connectivity index (χ4v) is 6.02. The second kappa shape index (κ2) is 8.78. The Morgan fingerprint density at radius 3 is 2.33 bits per heavy atom. The number of sulfonamides is 1. The van der Waals surface area contributed by atoms with E-state index < -0.39 is 10.0 Å². The Labute approximate surface area is 196 Å². The van der Waals surface area contributed by atoms with Crippen LogP contribution >= 0.6 is 0 Å². The van der Waals surface area contributed by atoms with E-state index >= 15 is 0 Å². The molecule has 2 aromatic carbocycles. The van der Waals surface area contributed by atoms with Crippen LogP contribution in [0.2, 0.25) is 0 Å². The maximum absolute atomic E-state index is 12.9. The van der Waals surface area contributed by atoms with Crippen LogP contribution in [-0.4, -0.2) is 38.2 Å². The van der Waals surface area contributed by atoms with E-state index in [4.69, 9.17) is 0 Å². The minimum Gasteiger partial charge on any atom is -0.356 e. The van der Waals surface area contributed by atoms with Crippen LogP contribution in [0.4, 0.5) is 5.69 Å². The van der Waals surface area contributed by atoms with Gasteiger partial charge in [-0.15, -0.1) is 4.40 Å². The van der Waals surface area contributed by atoms with Gasteiger partial charge >= 0.3 is 0 Å². The monoisotopic (exact) mass is 465 g/mol. The summed E-state index contributed by atoms with van der Waals surface area (Å²) in [4.78, 5) is 15.1. The van der Waals surface area contributed by atoms with Crippen molar-refractivity contribution in [3.05, 3.63) is 69.8 Å². The van der Waals surface area contributed by atoms with Crippen molar-refractivity contribution in [3.63, 3.8) is 0 Å². The summed E-state index contributed by atoms with van der Waals surface area (Å²) < 4.78 is 30.0. The molecule has 1 fully saturated rings. The van der Waals surface area contributed by atoms with Gasteiger partial charge in [-0.3, -0.25) is 4.79 Å². The number of anilines is 1. The van der Waals surface area contributed by atoms with Gasteiger partial charge in [-0.1, -0.05) is 30.3 Å². The third kappa shape index (κ3) is 4.47. The first-order chi connectivity index (χ1) is 15.6. The number of nitrogens with one attached hydrogen (secondary N) is 1. The summed E-state index contributed by atoms with van der Waals surface area (Å²) in [5.41, 5.74) is 6.60. The fourth-order valence-electron chi connectivity index (χ4n) is 4.54. The van der Waals surface area contributed by atoms with Gasteiger partial charge in [-0.05, 0) is 81.3 Å². The fraction of sp³-hybridized carbons (Fsp3) is 0.385. The number of amidine groups is 1. The van der Waals surface area contributed by atoms with E-state index in [-0.39, 0.29) is 16.7 Å². The molecule has 1 N–H and O–H groups in total. The lowest BCUT2D eigenvalue weighted by Gasteiger charge is -2.33. The number of aryl methyl sites for hydroxylation is 3. The molecule has 0 atom stereocenters. The van der Waals surface area contributed by atoms with Crippen LogP contribution < -0.4 is 5.32 Å². The molecule has 6 nitrogen and oxygen atoms in total. The highest BCUT2D eigenvalue weighted by Gasteiger charge is 2.35. The van der Waals surface area contributed by atoms with Crippen LogP contribution in [0, 0.1) is 33.6 Å². The number of carbonyl (C=O) groups is 1. The van der Waals surface area contributed by atoms with Crippen LogP contribution in [0.5, 0.6) is 0 Å². The predicted octanol–water partition coefficient (Wildman–Crippen LogP) is 4.74. The van der Waals surface area contributed by atoms with Crippen LogP contribution in [-0.2, 0) is 14.8 Å². The van der Waals surface area contributed by atoms with Gasteiger partial charge in [0.15, 0.2) is 0 Å². The number of amides is 1. The summed E-state index contributed by atoms with van der Waals surface area (Å²) >= 11 is 0. The highest BCUT2D eigenvalue weighted by Crippen LogP contribution is 2.35. The van der Waals surface area contributed by atoms with Gasteiger partial charge in [-0.2, -0.15) is 8.42 Å². The number of rotatable bonds is 3. The minimum atomic E-state index is -3.75. The van der Waals surface area contributed by atoms with Crippen molar-refractivity contribution >= 4 is 32.4 Å². The first-order valence-corrected chi connectivity index (χ1v) is 12.8. The van der Waals surface area contributed by atoms with Gasteiger partial charge in [-0.25, -0.2) is 0 Å². The number of likely N-dealkylation sites (tertiary alicyclic amines) is 1. The molecule has 1 amide bonds. The van der Waals surface area contributed by atoms with Crippen LogP contribution in [0.3, 0.4) is 0 Å². The highest BCUT2D eigenvalue weighted by atomic mass is 32.2. The first kappa shape index (κ1) is 23.2. The van der Waals surface area contributed by atoms with E-state index in [1.807, 2.05) is 75.9 Å². The number of carbonyl (C=O) groups excluding carboxylic acids is 1. The molecule has 0 unspecified atom stereocenters. The van der Waals surface area contributed by atoms with Crippen LogP contribution in [0.1, 0.15) is 47.6 Å². The summed E-state index contributed by atoms with van der Waals surface area (Å²) in [5, 5.41) is 3.07. The van der Waals surface area contributed by atoms with Crippen molar-refractivity contribution in [2.45, 2.75) is 47.5 Å². The Bertz CT molecular complexity index is 1280. The zero-order valence-electron chi connectivity index (χ0n) is 19.9. The molecule has 0 bridgehead atoms. The van der Waals surface area contributed by atoms with Crippen molar-refractivity contribution in [1.29, 1.82) is 0 Å². The molecule has 0 radical (unpaired) electrons. The lowest BCUT2D eigenvalue weighted by atomic mass is 9.94. The third-order valence-corrected chi connectivity index (χ3v) is 8.41. The standard InChI is InChI=1S/C26H31N3O3S/c1-16-9-10-22(15-18(16)3)24-20(5)25(28-33(24,31)32)29-13-11-21(12-14-29)26(30)27-23-8-6-7-17(2)19(23)4/h6-10,15,21H,11-14H2,1-5H3,(H,27,30). The predicted molar refractivity (Wildman–Crippen MR) is 134 cm³/mol. The Morgan fingerprint density at radius 1 is 0.970 bits per heavy atom. The molecule has 4 rings (SSSR count). The van der Waals surface area contributed by atoms with E-state index in [0.717, 1.165) is 27.9 Å². The van der Waals surface area contributed by atoms with Gasteiger partial charge in [0, 0.05) is 30.3 Å². The number of hydrogen-bond acceptors (Lipinski definition) is 4. The molecule has 2 heterocycles. The Kier molecular flexibility index (Phi) is 6.18. The molecule has 1 saturated heterocycles. The number of nitrogens with zero attached hydrogens (tertiary/aromatic N) is 2. The maximum Gasteiger partial charge on any atom is 0.285 e. The number of benzene rings is 2. The Balaban J connectivity index is 1.48. The summed E-state index contributed by atoms with van der Waals surface area (Å²) in [6.07, 6.45) is 1.31. The van der Waals surface area contributed by atoms with E-state index in [1.54, 1.807) is 0 Å². The molecule has 174 valence electrons. The van der Waals surface area contributed by atoms with Crippen molar-refractivity contribution < 1.29 is 13.2 Å². The zero-order valence-corrected chi connectivity index (χ0v) is 20.7. The molecule has 33 heavy (non-hydrogen) atoms. The summed E-state index contributed by atoms with van der Waals surface area (Å²) in [6.45, 7) is 11.0. The molecule has 7 heteroatoms. The molecule has 0 aliphatic carbocycles. The first-order valence-electron chi connectivity index (χ1n) is 11.3. The van der Waals surface area contributed by atoms with Crippen LogP contribution in [0.15, 0.2) is 46.4 Å². The second-order valence-electron chi connectivity index (χ2n) is 9.14. The molecule has 0 saturated carbocycles. The molecule has 0 spiro atoms. The van der Waals surface area contributed by atoms with E-state index in [1.165, 1.54) is 0 Å². The highest BCUT2D eigenvalue weighted by molar-refractivity contribution is 8.00. The summed E-state index contributed by atoms with van der Waals surface area (Å²) in [5.74, 6) is 0.423. The normalized spacial score (nSPS) is 18.5. The summed E-state index contributed by atoms with van der Waals surface area (Å²) in [6, 6.07) is 11.6. The molecule has 0 aromatic heterocycles. The van der Waals surface area contributed by atoms with Gasteiger partial charge in [0.1, 0.15) is 10.7 Å². The van der Waals surface area contributed by atoms with Gasteiger partial charge in [0.25, 0.3) is 10.0 Å². The zero-order chi connectivity index (χ0) is 23.9. The molecule has 2 aromatic rings. The average molecular weight is 466 g/mol.